The van der Waals surface area contributed by atoms with E-state index in [1.54, 1.807) is 12.1 Å². The third kappa shape index (κ3) is 2.92. The van der Waals surface area contributed by atoms with Crippen molar-refractivity contribution in [3.05, 3.63) is 58.1 Å². The van der Waals surface area contributed by atoms with Crippen LogP contribution in [0.2, 0.25) is 5.02 Å². The second-order valence-corrected chi connectivity index (χ2v) is 7.44. The Morgan fingerprint density at radius 1 is 1.05 bits per heavy atom. The molecule has 0 fully saturated rings. The molecule has 21 heavy (non-hydrogen) atoms. The van der Waals surface area contributed by atoms with Gasteiger partial charge >= 0.3 is 0 Å². The summed E-state index contributed by atoms with van der Waals surface area (Å²) in [6.07, 6.45) is 3.23. The van der Waals surface area contributed by atoms with Crippen LogP contribution in [0.5, 0.6) is 0 Å². The normalized spacial score (nSPS) is 14.0. The summed E-state index contributed by atoms with van der Waals surface area (Å²) >= 11 is 6.01. The molecule has 0 aromatic heterocycles. The zero-order chi connectivity index (χ0) is 15.0. The second kappa shape index (κ2) is 5.35. The first-order chi connectivity index (χ1) is 9.95. The lowest BCUT2D eigenvalue weighted by Gasteiger charge is -2.10. The molecule has 0 spiro atoms. The van der Waals surface area contributed by atoms with Crippen molar-refractivity contribution >= 4 is 27.3 Å². The molecular weight excluding hydrogens is 306 g/mol. The number of rotatable bonds is 3. The van der Waals surface area contributed by atoms with E-state index in [0.717, 1.165) is 24.8 Å². The van der Waals surface area contributed by atoms with Gasteiger partial charge in [0.1, 0.15) is 0 Å². The number of fused-ring (bicyclic) bond motifs is 1. The largest absolute Gasteiger partial charge is 0.280 e. The minimum Gasteiger partial charge on any atom is -0.280 e. The molecule has 3 nitrogen and oxygen atoms in total. The van der Waals surface area contributed by atoms with E-state index in [2.05, 4.69) is 4.72 Å². The van der Waals surface area contributed by atoms with Crippen LogP contribution in [0.15, 0.2) is 41.3 Å². The maximum Gasteiger partial charge on any atom is 0.261 e. The molecule has 0 saturated heterocycles. The van der Waals surface area contributed by atoms with Gasteiger partial charge < -0.3 is 0 Å². The fraction of sp³-hybridized carbons (Fsp3) is 0.250. The highest BCUT2D eigenvalue weighted by Crippen LogP contribution is 2.27. The molecule has 0 heterocycles. The van der Waals surface area contributed by atoms with Gasteiger partial charge in [0.15, 0.2) is 0 Å². The summed E-state index contributed by atoms with van der Waals surface area (Å²) in [7, 11) is -3.60. The highest BCUT2D eigenvalue weighted by atomic mass is 35.5. The number of nitrogens with one attached hydrogen (secondary N) is 1. The lowest BCUT2D eigenvalue weighted by molar-refractivity contribution is 0.601. The Labute approximate surface area is 130 Å². The zero-order valence-corrected chi connectivity index (χ0v) is 13.3. The lowest BCUT2D eigenvalue weighted by Crippen LogP contribution is -2.13. The molecule has 110 valence electrons. The number of hydrogen-bond acceptors (Lipinski definition) is 2. The Morgan fingerprint density at radius 3 is 2.57 bits per heavy atom. The fourth-order valence-corrected chi connectivity index (χ4v) is 3.91. The molecule has 3 rings (SSSR count). The predicted molar refractivity (Wildman–Crippen MR) is 85.5 cm³/mol. The van der Waals surface area contributed by atoms with Gasteiger partial charge in [0.2, 0.25) is 0 Å². The van der Waals surface area contributed by atoms with Crippen molar-refractivity contribution in [2.75, 3.05) is 4.72 Å². The maximum absolute atomic E-state index is 12.4. The molecular formula is C16H16ClNO2S. The van der Waals surface area contributed by atoms with E-state index in [4.69, 9.17) is 11.6 Å². The van der Waals surface area contributed by atoms with E-state index in [-0.39, 0.29) is 4.90 Å². The van der Waals surface area contributed by atoms with E-state index in [9.17, 15) is 8.42 Å². The molecule has 0 unspecified atom stereocenters. The van der Waals surface area contributed by atoms with Gasteiger partial charge in [0, 0.05) is 10.7 Å². The van der Waals surface area contributed by atoms with Gasteiger partial charge in [-0.2, -0.15) is 0 Å². The number of halogens is 1. The van der Waals surface area contributed by atoms with Crippen molar-refractivity contribution in [3.8, 4) is 0 Å². The topological polar surface area (TPSA) is 46.2 Å². The number of sulfonamides is 1. The smallest absolute Gasteiger partial charge is 0.261 e. The molecule has 5 heteroatoms. The van der Waals surface area contributed by atoms with Gasteiger partial charge in [-0.05, 0) is 67.1 Å². The fourth-order valence-electron chi connectivity index (χ4n) is 2.59. The zero-order valence-electron chi connectivity index (χ0n) is 11.7. The minimum absolute atomic E-state index is 0.179. The van der Waals surface area contributed by atoms with Crippen molar-refractivity contribution in [1.29, 1.82) is 0 Å². The lowest BCUT2D eigenvalue weighted by atomic mass is 10.1. The molecule has 2 aromatic rings. The van der Waals surface area contributed by atoms with Gasteiger partial charge in [0.05, 0.1) is 4.90 Å². The number of aryl methyl sites for hydroxylation is 3. The monoisotopic (exact) mass is 321 g/mol. The molecule has 0 bridgehead atoms. The summed E-state index contributed by atoms with van der Waals surface area (Å²) in [6, 6.07) is 10.5. The first kappa shape index (κ1) is 14.4. The van der Waals surface area contributed by atoms with Crippen LogP contribution < -0.4 is 4.72 Å². The van der Waals surface area contributed by atoms with Crippen LogP contribution in [-0.4, -0.2) is 8.42 Å². The van der Waals surface area contributed by atoms with Crippen LogP contribution in [0.3, 0.4) is 0 Å². The second-order valence-electron chi connectivity index (χ2n) is 5.35. The molecule has 1 N–H and O–H groups in total. The quantitative estimate of drug-likeness (QED) is 0.930. The van der Waals surface area contributed by atoms with E-state index in [1.165, 1.54) is 17.2 Å². The molecule has 0 radical (unpaired) electrons. The van der Waals surface area contributed by atoms with Crippen LogP contribution in [0, 0.1) is 6.92 Å². The highest BCUT2D eigenvalue weighted by molar-refractivity contribution is 7.92. The van der Waals surface area contributed by atoms with Crippen LogP contribution in [0.1, 0.15) is 23.1 Å². The molecule has 2 aromatic carbocycles. The molecule has 0 saturated carbocycles. The summed E-state index contributed by atoms with van der Waals surface area (Å²) < 4.78 is 27.4. The first-order valence-electron chi connectivity index (χ1n) is 6.86. The summed E-state index contributed by atoms with van der Waals surface area (Å²) in [5.74, 6) is 0. The van der Waals surface area contributed by atoms with E-state index >= 15 is 0 Å². The Morgan fingerprint density at radius 2 is 1.81 bits per heavy atom. The molecule has 1 aliphatic carbocycles. The van der Waals surface area contributed by atoms with E-state index in [1.807, 2.05) is 25.1 Å². The number of benzene rings is 2. The van der Waals surface area contributed by atoms with E-state index in [0.29, 0.717) is 10.7 Å². The van der Waals surface area contributed by atoms with Crippen LogP contribution in [-0.2, 0) is 22.9 Å². The van der Waals surface area contributed by atoms with Crippen LogP contribution in [0.4, 0.5) is 5.69 Å². The minimum atomic E-state index is -3.60. The molecule has 0 atom stereocenters. The molecule has 0 aliphatic heterocycles. The summed E-state index contributed by atoms with van der Waals surface area (Å²) in [4.78, 5) is 0.179. The van der Waals surface area contributed by atoms with Gasteiger partial charge in [-0.1, -0.05) is 23.7 Å². The maximum atomic E-state index is 12.4. The van der Waals surface area contributed by atoms with E-state index < -0.39 is 10.0 Å². The third-order valence-electron chi connectivity index (χ3n) is 3.80. The summed E-state index contributed by atoms with van der Waals surface area (Å²) in [5, 5.41) is 0.451. The van der Waals surface area contributed by atoms with Crippen molar-refractivity contribution in [2.45, 2.75) is 31.1 Å². The number of anilines is 1. The van der Waals surface area contributed by atoms with Crippen molar-refractivity contribution in [2.24, 2.45) is 0 Å². The van der Waals surface area contributed by atoms with Crippen molar-refractivity contribution in [3.63, 3.8) is 0 Å². The highest BCUT2D eigenvalue weighted by Gasteiger charge is 2.17. The van der Waals surface area contributed by atoms with Gasteiger partial charge in [-0.25, -0.2) is 8.42 Å². The standard InChI is InChI=1S/C16H16ClNO2S/c1-11-5-8-15(10-16(11)17)21(19,20)18-14-7-6-12-3-2-4-13(12)9-14/h5-10,18H,2-4H2,1H3. The molecule has 1 aliphatic rings. The Kier molecular flexibility index (Phi) is 3.68. The Balaban J connectivity index is 1.90. The summed E-state index contributed by atoms with van der Waals surface area (Å²) in [6.45, 7) is 1.84. The SMILES string of the molecule is Cc1ccc(S(=O)(=O)Nc2ccc3c(c2)CCC3)cc1Cl. The van der Waals surface area contributed by atoms with Crippen LogP contribution >= 0.6 is 11.6 Å². The van der Waals surface area contributed by atoms with Gasteiger partial charge in [0.25, 0.3) is 10.0 Å². The number of hydrogen-bond donors (Lipinski definition) is 1. The van der Waals surface area contributed by atoms with Crippen LogP contribution in [0.25, 0.3) is 0 Å². The average Bonchev–Trinajstić information content (AvgIpc) is 2.88. The van der Waals surface area contributed by atoms with Gasteiger partial charge in [-0.3, -0.25) is 4.72 Å². The van der Waals surface area contributed by atoms with Crippen molar-refractivity contribution in [1.82, 2.24) is 0 Å². The Hall–Kier alpha value is -1.52. The predicted octanol–water partition coefficient (Wildman–Crippen LogP) is 3.94. The third-order valence-corrected chi connectivity index (χ3v) is 5.59. The Bertz CT molecular complexity index is 800. The summed E-state index contributed by atoms with van der Waals surface area (Å²) in [5.41, 5.74) is 4.01. The average molecular weight is 322 g/mol. The van der Waals surface area contributed by atoms with Gasteiger partial charge in [-0.15, -0.1) is 0 Å². The van der Waals surface area contributed by atoms with Crippen molar-refractivity contribution < 1.29 is 8.42 Å². The molecule has 0 amide bonds. The first-order valence-corrected chi connectivity index (χ1v) is 8.72.